The predicted octanol–water partition coefficient (Wildman–Crippen LogP) is 3.83. The maximum Gasteiger partial charge on any atom is 0.307 e. The van der Waals surface area contributed by atoms with Crippen LogP contribution in [-0.2, 0) is 16.0 Å². The van der Waals surface area contributed by atoms with Crippen molar-refractivity contribution in [3.8, 4) is 0 Å². The van der Waals surface area contributed by atoms with Gasteiger partial charge in [0.2, 0.25) is 0 Å². The molecule has 0 saturated heterocycles. The fourth-order valence-electron chi connectivity index (χ4n) is 2.85. The zero-order valence-corrected chi connectivity index (χ0v) is 13.7. The summed E-state index contributed by atoms with van der Waals surface area (Å²) in [5.74, 6) is -3.03. The molecule has 2 unspecified atom stereocenters. The van der Waals surface area contributed by atoms with E-state index in [1.165, 1.54) is 0 Å². The zero-order valence-electron chi connectivity index (χ0n) is 12.9. The van der Waals surface area contributed by atoms with Gasteiger partial charge in [0.1, 0.15) is 0 Å². The molecule has 2 atom stereocenters. The van der Waals surface area contributed by atoms with E-state index >= 15 is 0 Å². The lowest BCUT2D eigenvalue weighted by atomic mass is 9.78. The molecule has 0 aliphatic rings. The Bertz CT molecular complexity index is 682. The summed E-state index contributed by atoms with van der Waals surface area (Å²) in [6.07, 6.45) is 0.289. The van der Waals surface area contributed by atoms with Crippen molar-refractivity contribution in [2.45, 2.75) is 19.3 Å². The number of hydrogen-bond donors (Lipinski definition) is 1. The van der Waals surface area contributed by atoms with Gasteiger partial charge >= 0.3 is 5.97 Å². The van der Waals surface area contributed by atoms with Gasteiger partial charge in [-0.2, -0.15) is 0 Å². The van der Waals surface area contributed by atoms with E-state index in [0.717, 1.165) is 16.7 Å². The van der Waals surface area contributed by atoms with Gasteiger partial charge in [-0.1, -0.05) is 54.6 Å². The van der Waals surface area contributed by atoms with Crippen LogP contribution in [0.15, 0.2) is 54.6 Å². The van der Waals surface area contributed by atoms with Crippen molar-refractivity contribution in [2.24, 2.45) is 5.92 Å². The van der Waals surface area contributed by atoms with E-state index in [0.29, 0.717) is 0 Å². The molecule has 2 rings (SSSR count). The van der Waals surface area contributed by atoms with Gasteiger partial charge in [-0.25, -0.2) is 0 Å². The molecule has 0 aliphatic carbocycles. The van der Waals surface area contributed by atoms with Crippen LogP contribution in [0.25, 0.3) is 0 Å². The molecule has 0 saturated carbocycles. The van der Waals surface area contributed by atoms with Gasteiger partial charge in [0.25, 0.3) is 0 Å². The van der Waals surface area contributed by atoms with Crippen LogP contribution in [0.4, 0.5) is 0 Å². The highest BCUT2D eigenvalue weighted by Crippen LogP contribution is 2.31. The minimum atomic E-state index is -0.986. The molecule has 23 heavy (non-hydrogen) atoms. The number of halogens is 1. The maximum absolute atomic E-state index is 12.4. The van der Waals surface area contributed by atoms with Gasteiger partial charge in [0.05, 0.1) is 17.7 Å². The van der Waals surface area contributed by atoms with Gasteiger partial charge in [0.15, 0.2) is 5.78 Å². The van der Waals surface area contributed by atoms with Crippen molar-refractivity contribution in [2.75, 3.05) is 5.88 Å². The molecule has 2 aromatic carbocycles. The second-order valence-corrected chi connectivity index (χ2v) is 5.84. The van der Waals surface area contributed by atoms with Gasteiger partial charge in [0, 0.05) is 0 Å². The number of Topliss-reactive ketones (excluding diaryl/α,β-unsaturated/α-hetero) is 1. The Hall–Kier alpha value is -2.13. The fraction of sp³-hybridized carbons (Fsp3) is 0.263. The third-order valence-electron chi connectivity index (χ3n) is 4.02. The number of benzene rings is 2. The summed E-state index contributed by atoms with van der Waals surface area (Å²) in [5.41, 5.74) is 2.53. The zero-order chi connectivity index (χ0) is 16.8. The third-order valence-corrected chi connectivity index (χ3v) is 4.28. The van der Waals surface area contributed by atoms with Crippen LogP contribution in [0, 0.1) is 12.8 Å². The molecule has 3 nitrogen and oxygen atoms in total. The quantitative estimate of drug-likeness (QED) is 0.785. The summed E-state index contributed by atoms with van der Waals surface area (Å²) in [7, 11) is 0. The van der Waals surface area contributed by atoms with Crippen LogP contribution >= 0.6 is 11.6 Å². The monoisotopic (exact) mass is 330 g/mol. The van der Waals surface area contributed by atoms with Gasteiger partial charge < -0.3 is 5.11 Å². The highest BCUT2D eigenvalue weighted by atomic mass is 35.5. The molecule has 1 N–H and O–H groups in total. The topological polar surface area (TPSA) is 54.4 Å². The van der Waals surface area contributed by atoms with E-state index < -0.39 is 17.8 Å². The first kappa shape index (κ1) is 17.2. The summed E-state index contributed by atoms with van der Waals surface area (Å²) in [4.78, 5) is 24.3. The van der Waals surface area contributed by atoms with Crippen LogP contribution < -0.4 is 0 Å². The van der Waals surface area contributed by atoms with Gasteiger partial charge in [-0.15, -0.1) is 11.6 Å². The first-order chi connectivity index (χ1) is 11.0. The molecule has 0 radical (unpaired) electrons. The highest BCUT2D eigenvalue weighted by molar-refractivity contribution is 6.28. The SMILES string of the molecule is Cc1ccccc1C(C(=O)CCl)C(Cc1ccccc1)C(=O)O. The van der Waals surface area contributed by atoms with Crippen LogP contribution in [0.1, 0.15) is 22.6 Å². The smallest absolute Gasteiger partial charge is 0.307 e. The van der Waals surface area contributed by atoms with Gasteiger partial charge in [-0.05, 0) is 30.0 Å². The average Bonchev–Trinajstić information content (AvgIpc) is 2.56. The molecule has 4 heteroatoms. The van der Waals surface area contributed by atoms with Crippen molar-refractivity contribution < 1.29 is 14.7 Å². The molecule has 2 aromatic rings. The lowest BCUT2D eigenvalue weighted by Gasteiger charge is -2.24. The van der Waals surface area contributed by atoms with E-state index in [1.54, 1.807) is 0 Å². The maximum atomic E-state index is 12.4. The Balaban J connectivity index is 2.44. The summed E-state index contributed by atoms with van der Waals surface area (Å²) in [6, 6.07) is 16.7. The molecule has 0 aliphatic heterocycles. The molecule has 0 fully saturated rings. The van der Waals surface area contributed by atoms with E-state index in [9.17, 15) is 14.7 Å². The second kappa shape index (κ2) is 7.93. The molecule has 120 valence electrons. The number of carbonyl (C=O) groups is 2. The summed E-state index contributed by atoms with van der Waals surface area (Å²) >= 11 is 5.76. The number of aryl methyl sites for hydroxylation is 1. The number of rotatable bonds is 7. The Kier molecular flexibility index (Phi) is 5.94. The van der Waals surface area contributed by atoms with Crippen molar-refractivity contribution >= 4 is 23.4 Å². The normalized spacial score (nSPS) is 13.3. The van der Waals surface area contributed by atoms with E-state index in [4.69, 9.17) is 11.6 Å². The van der Waals surface area contributed by atoms with Crippen molar-refractivity contribution in [3.05, 3.63) is 71.3 Å². The lowest BCUT2D eigenvalue weighted by molar-refractivity contribution is -0.144. The van der Waals surface area contributed by atoms with E-state index in [1.807, 2.05) is 61.5 Å². The average molecular weight is 331 g/mol. The molecule has 0 heterocycles. The molecular weight excluding hydrogens is 312 g/mol. The molecule has 0 bridgehead atoms. The number of carbonyl (C=O) groups excluding carboxylic acids is 1. The summed E-state index contributed by atoms with van der Waals surface area (Å²) in [5, 5.41) is 9.71. The summed E-state index contributed by atoms with van der Waals surface area (Å²) < 4.78 is 0. The van der Waals surface area contributed by atoms with Crippen LogP contribution in [-0.4, -0.2) is 22.7 Å². The Morgan fingerprint density at radius 3 is 2.22 bits per heavy atom. The Morgan fingerprint density at radius 2 is 1.65 bits per heavy atom. The number of hydrogen-bond acceptors (Lipinski definition) is 2. The second-order valence-electron chi connectivity index (χ2n) is 5.57. The van der Waals surface area contributed by atoms with Crippen molar-refractivity contribution in [1.82, 2.24) is 0 Å². The minimum Gasteiger partial charge on any atom is -0.481 e. The minimum absolute atomic E-state index is 0.197. The molecule has 0 amide bonds. The van der Waals surface area contributed by atoms with Gasteiger partial charge in [-0.3, -0.25) is 9.59 Å². The van der Waals surface area contributed by atoms with Crippen LogP contribution in [0.2, 0.25) is 0 Å². The predicted molar refractivity (Wildman–Crippen MR) is 90.9 cm³/mol. The summed E-state index contributed by atoms with van der Waals surface area (Å²) in [6.45, 7) is 1.88. The first-order valence-electron chi connectivity index (χ1n) is 7.45. The van der Waals surface area contributed by atoms with Crippen molar-refractivity contribution in [3.63, 3.8) is 0 Å². The fourth-order valence-corrected chi connectivity index (χ4v) is 3.02. The highest BCUT2D eigenvalue weighted by Gasteiger charge is 2.35. The Labute approximate surface area is 140 Å². The Morgan fingerprint density at radius 1 is 1.04 bits per heavy atom. The van der Waals surface area contributed by atoms with Crippen molar-refractivity contribution in [1.29, 1.82) is 0 Å². The number of ketones is 1. The number of alkyl halides is 1. The molecule has 0 aromatic heterocycles. The number of aliphatic carboxylic acids is 1. The number of carboxylic acid groups (broad SMARTS) is 1. The van der Waals surface area contributed by atoms with E-state index in [2.05, 4.69) is 0 Å². The van der Waals surface area contributed by atoms with Crippen LogP contribution in [0.5, 0.6) is 0 Å². The third kappa shape index (κ3) is 4.20. The first-order valence-corrected chi connectivity index (χ1v) is 7.99. The van der Waals surface area contributed by atoms with E-state index in [-0.39, 0.29) is 18.1 Å². The number of carboxylic acids is 1. The van der Waals surface area contributed by atoms with Crippen LogP contribution in [0.3, 0.4) is 0 Å². The standard InChI is InChI=1S/C19H19ClO3/c1-13-7-5-6-10-15(13)18(17(21)12-20)16(19(22)23)11-14-8-3-2-4-9-14/h2-10,16,18H,11-12H2,1H3,(H,22,23). The molecule has 0 spiro atoms. The largest absolute Gasteiger partial charge is 0.481 e. The lowest BCUT2D eigenvalue weighted by Crippen LogP contribution is -2.31. The molecular formula is C19H19ClO3.